The minimum absolute atomic E-state index is 0.0286. The minimum Gasteiger partial charge on any atom is -0.480 e. The van der Waals surface area contributed by atoms with Gasteiger partial charge >= 0.3 is 5.97 Å². The van der Waals surface area contributed by atoms with Crippen LogP contribution >= 0.6 is 0 Å². The number of carbonyl (C=O) groups excluding carboxylic acids is 4. The monoisotopic (exact) mass is 443 g/mol. The number of aliphatic carboxylic acids is 1. The van der Waals surface area contributed by atoms with Gasteiger partial charge in [-0.2, -0.15) is 0 Å². The van der Waals surface area contributed by atoms with E-state index in [4.69, 9.17) is 11.5 Å². The van der Waals surface area contributed by atoms with Crippen LogP contribution in [0, 0.1) is 5.92 Å². The molecule has 1 rings (SSSR count). The molecule has 1 heterocycles. The van der Waals surface area contributed by atoms with E-state index in [1.54, 1.807) is 0 Å². The van der Waals surface area contributed by atoms with Crippen molar-refractivity contribution in [3.05, 3.63) is 0 Å². The number of hydrogen-bond donors (Lipinski definition) is 6. The third-order valence-electron chi connectivity index (χ3n) is 5.00. The molecule has 1 aliphatic rings. The summed E-state index contributed by atoms with van der Waals surface area (Å²) in [6.07, 6.45) is -0.730. The van der Waals surface area contributed by atoms with Gasteiger partial charge in [-0.15, -0.1) is 0 Å². The Bertz CT molecular complexity index is 697. The molecule has 0 aromatic heterocycles. The van der Waals surface area contributed by atoms with E-state index in [1.807, 2.05) is 13.8 Å². The van der Waals surface area contributed by atoms with E-state index in [-0.39, 0.29) is 25.3 Å². The van der Waals surface area contributed by atoms with Crippen LogP contribution in [0.5, 0.6) is 0 Å². The molecule has 0 aliphatic carbocycles. The van der Waals surface area contributed by atoms with Gasteiger partial charge in [-0.25, -0.2) is 4.79 Å². The maximum atomic E-state index is 12.9. The number of nitrogens with one attached hydrogen (secondary N) is 2. The summed E-state index contributed by atoms with van der Waals surface area (Å²) in [6, 6.07) is -4.77. The van der Waals surface area contributed by atoms with Crippen LogP contribution in [-0.2, 0) is 24.0 Å². The number of aliphatic hydroxyl groups is 1. The molecule has 4 amide bonds. The Morgan fingerprint density at radius 3 is 2.13 bits per heavy atom. The SMILES string of the molecule is CC(C)CC(NC(=O)C(N)C(C)O)C(=O)NC(CC(N)=O)C(=O)N1CCCC1C(=O)O. The normalized spacial score (nSPS) is 19.9. The molecule has 31 heavy (non-hydrogen) atoms. The zero-order chi connectivity index (χ0) is 23.9. The first-order valence-corrected chi connectivity index (χ1v) is 10.2. The molecule has 0 spiro atoms. The molecule has 8 N–H and O–H groups in total. The maximum absolute atomic E-state index is 12.9. The Kier molecular flexibility index (Phi) is 9.85. The van der Waals surface area contributed by atoms with E-state index >= 15 is 0 Å². The van der Waals surface area contributed by atoms with Crippen LogP contribution in [-0.4, -0.2) is 81.5 Å². The first-order valence-electron chi connectivity index (χ1n) is 10.2. The Hall–Kier alpha value is -2.73. The summed E-state index contributed by atoms with van der Waals surface area (Å²) in [6.45, 7) is 5.14. The Balaban J connectivity index is 3.02. The topological polar surface area (TPSA) is 205 Å². The third-order valence-corrected chi connectivity index (χ3v) is 5.00. The van der Waals surface area contributed by atoms with Gasteiger partial charge in [0.2, 0.25) is 23.6 Å². The fourth-order valence-corrected chi connectivity index (χ4v) is 3.35. The van der Waals surface area contributed by atoms with E-state index in [1.165, 1.54) is 6.92 Å². The molecule has 0 radical (unpaired) electrons. The standard InChI is InChI=1S/C19H33N5O7/c1-9(2)7-11(22-17(28)15(21)10(3)25)16(27)23-12(8-14(20)26)18(29)24-6-4-5-13(24)19(30)31/h9-13,15,25H,4-8,21H2,1-3H3,(H2,20,26)(H,22,28)(H,23,27)(H,30,31). The van der Waals surface area contributed by atoms with Crippen molar-refractivity contribution in [3.63, 3.8) is 0 Å². The van der Waals surface area contributed by atoms with Crippen molar-refractivity contribution >= 4 is 29.6 Å². The number of nitrogens with two attached hydrogens (primary N) is 2. The van der Waals surface area contributed by atoms with Crippen molar-refractivity contribution in [1.82, 2.24) is 15.5 Å². The molecule has 1 saturated heterocycles. The number of carbonyl (C=O) groups is 5. The molecule has 1 fully saturated rings. The summed E-state index contributed by atoms with van der Waals surface area (Å²) in [5, 5.41) is 23.7. The highest BCUT2D eigenvalue weighted by molar-refractivity contribution is 5.96. The van der Waals surface area contributed by atoms with Crippen LogP contribution in [0.25, 0.3) is 0 Å². The average Bonchev–Trinajstić information content (AvgIpc) is 3.14. The third kappa shape index (κ3) is 7.79. The van der Waals surface area contributed by atoms with Gasteiger partial charge in [0.25, 0.3) is 0 Å². The van der Waals surface area contributed by atoms with E-state index < -0.39 is 66.3 Å². The number of hydrogen-bond acceptors (Lipinski definition) is 7. The number of amides is 4. The van der Waals surface area contributed by atoms with Crippen LogP contribution in [0.2, 0.25) is 0 Å². The largest absolute Gasteiger partial charge is 0.480 e. The van der Waals surface area contributed by atoms with Gasteiger partial charge < -0.3 is 37.2 Å². The number of nitrogens with zero attached hydrogens (tertiary/aromatic N) is 1. The Labute approximate surface area is 180 Å². The molecule has 0 bridgehead atoms. The first-order chi connectivity index (χ1) is 14.3. The number of rotatable bonds is 11. The number of likely N-dealkylation sites (tertiary alicyclic amines) is 1. The molecule has 12 nitrogen and oxygen atoms in total. The van der Waals surface area contributed by atoms with Gasteiger partial charge in [-0.05, 0) is 32.1 Å². The molecule has 0 saturated carbocycles. The van der Waals surface area contributed by atoms with Crippen LogP contribution in [0.1, 0.15) is 46.5 Å². The van der Waals surface area contributed by atoms with Crippen molar-refractivity contribution in [1.29, 1.82) is 0 Å². The quantitative estimate of drug-likeness (QED) is 0.203. The fraction of sp³-hybridized carbons (Fsp3) is 0.737. The van der Waals surface area contributed by atoms with Crippen LogP contribution in [0.15, 0.2) is 0 Å². The second-order valence-corrected chi connectivity index (χ2v) is 8.22. The lowest BCUT2D eigenvalue weighted by molar-refractivity contribution is -0.149. The summed E-state index contributed by atoms with van der Waals surface area (Å²) in [5.74, 6) is -4.28. The van der Waals surface area contributed by atoms with Crippen molar-refractivity contribution in [3.8, 4) is 0 Å². The van der Waals surface area contributed by atoms with Gasteiger partial charge in [-0.3, -0.25) is 19.2 Å². The molecule has 5 unspecified atom stereocenters. The Morgan fingerprint density at radius 2 is 1.65 bits per heavy atom. The van der Waals surface area contributed by atoms with Gasteiger partial charge in [0.15, 0.2) is 0 Å². The molecule has 0 aromatic rings. The van der Waals surface area contributed by atoms with Crippen molar-refractivity contribution in [2.24, 2.45) is 17.4 Å². The summed E-state index contributed by atoms with van der Waals surface area (Å²) >= 11 is 0. The van der Waals surface area contributed by atoms with Crippen molar-refractivity contribution in [2.45, 2.75) is 76.7 Å². The van der Waals surface area contributed by atoms with Crippen LogP contribution < -0.4 is 22.1 Å². The lowest BCUT2D eigenvalue weighted by Gasteiger charge is -2.29. The number of primary amides is 1. The molecule has 12 heteroatoms. The summed E-state index contributed by atoms with van der Waals surface area (Å²) < 4.78 is 0. The van der Waals surface area contributed by atoms with Gasteiger partial charge in [-0.1, -0.05) is 13.8 Å². The minimum atomic E-state index is -1.37. The summed E-state index contributed by atoms with van der Waals surface area (Å²) in [4.78, 5) is 62.0. The molecule has 0 aromatic carbocycles. The van der Waals surface area contributed by atoms with Gasteiger partial charge in [0.05, 0.1) is 12.5 Å². The fourth-order valence-electron chi connectivity index (χ4n) is 3.35. The molecule has 176 valence electrons. The van der Waals surface area contributed by atoms with E-state index in [2.05, 4.69) is 10.6 Å². The van der Waals surface area contributed by atoms with Crippen LogP contribution in [0.3, 0.4) is 0 Å². The van der Waals surface area contributed by atoms with Crippen molar-refractivity contribution < 1.29 is 34.2 Å². The average molecular weight is 444 g/mol. The smallest absolute Gasteiger partial charge is 0.326 e. The maximum Gasteiger partial charge on any atom is 0.326 e. The second-order valence-electron chi connectivity index (χ2n) is 8.22. The first kappa shape index (κ1) is 26.3. The number of carboxylic acids is 1. The molecule has 5 atom stereocenters. The van der Waals surface area contributed by atoms with Crippen LogP contribution in [0.4, 0.5) is 0 Å². The highest BCUT2D eigenvalue weighted by atomic mass is 16.4. The van der Waals surface area contributed by atoms with Crippen molar-refractivity contribution in [2.75, 3.05) is 6.54 Å². The highest BCUT2D eigenvalue weighted by Crippen LogP contribution is 2.19. The Morgan fingerprint density at radius 1 is 1.06 bits per heavy atom. The summed E-state index contributed by atoms with van der Waals surface area (Å²) in [5.41, 5.74) is 10.8. The molecular weight excluding hydrogens is 410 g/mol. The zero-order valence-corrected chi connectivity index (χ0v) is 18.0. The number of aliphatic hydroxyl groups excluding tert-OH is 1. The van der Waals surface area contributed by atoms with Gasteiger partial charge in [0.1, 0.15) is 24.2 Å². The van der Waals surface area contributed by atoms with E-state index in [0.717, 1.165) is 4.90 Å². The lowest BCUT2D eigenvalue weighted by Crippen LogP contribution is -2.58. The molecular formula is C19H33N5O7. The number of carboxylic acid groups (broad SMARTS) is 1. The highest BCUT2D eigenvalue weighted by Gasteiger charge is 2.39. The predicted octanol–water partition coefficient (Wildman–Crippen LogP) is -2.34. The predicted molar refractivity (Wildman–Crippen MR) is 109 cm³/mol. The zero-order valence-electron chi connectivity index (χ0n) is 18.0. The second kappa shape index (κ2) is 11.6. The van der Waals surface area contributed by atoms with Gasteiger partial charge in [0, 0.05) is 6.54 Å². The molecule has 1 aliphatic heterocycles. The van der Waals surface area contributed by atoms with E-state index in [9.17, 15) is 34.2 Å². The van der Waals surface area contributed by atoms with E-state index in [0.29, 0.717) is 6.42 Å². The lowest BCUT2D eigenvalue weighted by atomic mass is 10.0. The summed E-state index contributed by atoms with van der Waals surface area (Å²) in [7, 11) is 0.